The number of likely N-dealkylation sites (tertiary alicyclic amines) is 1. The molecule has 2 aromatic rings. The van der Waals surface area contributed by atoms with E-state index >= 15 is 0 Å². The van der Waals surface area contributed by atoms with Crippen LogP contribution in [-0.2, 0) is 16.8 Å². The molecular weight excluding hydrogens is 274 g/mol. The summed E-state index contributed by atoms with van der Waals surface area (Å²) in [4.78, 5) is 14.1. The molecule has 0 bridgehead atoms. The number of benzene rings is 2. The fraction of sp³-hybridized carbons (Fsp3) is 0.316. The van der Waals surface area contributed by atoms with Gasteiger partial charge in [0.2, 0.25) is 0 Å². The van der Waals surface area contributed by atoms with Gasteiger partial charge in [0.1, 0.15) is 6.61 Å². The monoisotopic (exact) mass is 295 g/mol. The topological polar surface area (TPSA) is 29.5 Å². The van der Waals surface area contributed by atoms with Gasteiger partial charge in [0, 0.05) is 18.5 Å². The first kappa shape index (κ1) is 14.6. The van der Waals surface area contributed by atoms with Gasteiger partial charge in [-0.15, -0.1) is 0 Å². The molecule has 3 heteroatoms. The molecule has 1 aliphatic heterocycles. The van der Waals surface area contributed by atoms with E-state index < -0.39 is 0 Å². The third-order valence-electron chi connectivity index (χ3n) is 4.41. The summed E-state index contributed by atoms with van der Waals surface area (Å²) in [5.74, 6) is 0. The highest BCUT2D eigenvalue weighted by atomic mass is 16.6. The van der Waals surface area contributed by atoms with Gasteiger partial charge in [-0.3, -0.25) is 0 Å². The second-order valence-electron chi connectivity index (χ2n) is 6.14. The zero-order valence-corrected chi connectivity index (χ0v) is 12.9. The second kappa shape index (κ2) is 6.22. The van der Waals surface area contributed by atoms with E-state index in [9.17, 15) is 4.79 Å². The fourth-order valence-electron chi connectivity index (χ4n) is 3.00. The molecule has 2 aromatic carbocycles. The lowest BCUT2D eigenvalue weighted by atomic mass is 9.82. The highest BCUT2D eigenvalue weighted by Gasteiger charge is 2.37. The lowest BCUT2D eigenvalue weighted by Gasteiger charge is -2.25. The molecule has 3 nitrogen and oxygen atoms in total. The van der Waals surface area contributed by atoms with E-state index in [1.807, 2.05) is 41.3 Å². The summed E-state index contributed by atoms with van der Waals surface area (Å²) in [6, 6.07) is 20.2. The zero-order chi connectivity index (χ0) is 15.4. The molecular formula is C19H21NO2. The van der Waals surface area contributed by atoms with Gasteiger partial charge in [-0.05, 0) is 17.5 Å². The summed E-state index contributed by atoms with van der Waals surface area (Å²) < 4.78 is 5.43. The number of nitrogens with zero attached hydrogens (tertiary/aromatic N) is 1. The zero-order valence-electron chi connectivity index (χ0n) is 12.9. The molecule has 3 rings (SSSR count). The largest absolute Gasteiger partial charge is 0.445 e. The van der Waals surface area contributed by atoms with Crippen molar-refractivity contribution in [3.05, 3.63) is 71.8 Å². The average molecular weight is 295 g/mol. The van der Waals surface area contributed by atoms with E-state index in [0.717, 1.165) is 18.5 Å². The van der Waals surface area contributed by atoms with Gasteiger partial charge < -0.3 is 9.64 Å². The highest BCUT2D eigenvalue weighted by Crippen LogP contribution is 2.34. The summed E-state index contributed by atoms with van der Waals surface area (Å²) in [6.45, 7) is 4.01. The summed E-state index contributed by atoms with van der Waals surface area (Å²) in [7, 11) is 0. The maximum atomic E-state index is 12.2. The minimum absolute atomic E-state index is 0.0209. The third-order valence-corrected chi connectivity index (χ3v) is 4.41. The molecule has 1 fully saturated rings. The van der Waals surface area contributed by atoms with Gasteiger partial charge in [0.05, 0.1) is 0 Å². The molecule has 114 valence electrons. The van der Waals surface area contributed by atoms with Gasteiger partial charge in [-0.2, -0.15) is 0 Å². The Hall–Kier alpha value is -2.29. The molecule has 22 heavy (non-hydrogen) atoms. The van der Waals surface area contributed by atoms with Crippen LogP contribution in [0.3, 0.4) is 0 Å². The van der Waals surface area contributed by atoms with Crippen molar-refractivity contribution >= 4 is 6.09 Å². The van der Waals surface area contributed by atoms with Gasteiger partial charge in [0.15, 0.2) is 0 Å². The lowest BCUT2D eigenvalue weighted by molar-refractivity contribution is 0.102. The van der Waals surface area contributed by atoms with Crippen molar-refractivity contribution in [2.75, 3.05) is 13.1 Å². The maximum absolute atomic E-state index is 12.2. The minimum Gasteiger partial charge on any atom is -0.445 e. The summed E-state index contributed by atoms with van der Waals surface area (Å²) in [5, 5.41) is 0. The van der Waals surface area contributed by atoms with Gasteiger partial charge >= 0.3 is 6.09 Å². The van der Waals surface area contributed by atoms with Crippen LogP contribution in [0.4, 0.5) is 4.79 Å². The summed E-state index contributed by atoms with van der Waals surface area (Å²) in [6.07, 6.45) is 0.751. The van der Waals surface area contributed by atoms with Crippen molar-refractivity contribution in [1.29, 1.82) is 0 Å². The summed E-state index contributed by atoms with van der Waals surface area (Å²) >= 11 is 0. The number of amides is 1. The second-order valence-corrected chi connectivity index (χ2v) is 6.14. The molecule has 0 aliphatic carbocycles. The predicted octanol–water partition coefficient (Wildman–Crippen LogP) is 3.99. The molecule has 1 saturated heterocycles. The molecule has 0 radical (unpaired) electrons. The molecule has 1 unspecified atom stereocenters. The third kappa shape index (κ3) is 3.14. The van der Waals surface area contributed by atoms with Crippen molar-refractivity contribution < 1.29 is 9.53 Å². The Kier molecular flexibility index (Phi) is 4.14. The van der Waals surface area contributed by atoms with E-state index in [1.54, 1.807) is 0 Å². The van der Waals surface area contributed by atoms with Gasteiger partial charge in [-0.25, -0.2) is 4.79 Å². The van der Waals surface area contributed by atoms with Crippen molar-refractivity contribution in [3.63, 3.8) is 0 Å². The fourth-order valence-corrected chi connectivity index (χ4v) is 3.00. The van der Waals surface area contributed by atoms with Crippen molar-refractivity contribution in [2.24, 2.45) is 0 Å². The van der Waals surface area contributed by atoms with Crippen LogP contribution in [-0.4, -0.2) is 24.1 Å². The molecule has 1 heterocycles. The molecule has 1 aliphatic rings. The van der Waals surface area contributed by atoms with Crippen LogP contribution < -0.4 is 0 Å². The maximum Gasteiger partial charge on any atom is 0.410 e. The number of carbonyl (C=O) groups excluding carboxylic acids is 1. The van der Waals surface area contributed by atoms with E-state index in [-0.39, 0.29) is 11.5 Å². The minimum atomic E-state index is -0.219. The Morgan fingerprint density at radius 2 is 1.73 bits per heavy atom. The van der Waals surface area contributed by atoms with Crippen LogP contribution in [0, 0.1) is 0 Å². The molecule has 0 saturated carbocycles. The molecule has 1 atom stereocenters. The van der Waals surface area contributed by atoms with Crippen LogP contribution in [0.5, 0.6) is 0 Å². The number of ether oxygens (including phenoxy) is 1. The Morgan fingerprint density at radius 1 is 1.09 bits per heavy atom. The van der Waals surface area contributed by atoms with Crippen LogP contribution >= 0.6 is 0 Å². The molecule has 0 N–H and O–H groups in total. The van der Waals surface area contributed by atoms with E-state index in [0.29, 0.717) is 13.2 Å². The standard InChI is InChI=1S/C19H21NO2/c1-19(17-10-6-3-7-11-17)12-13-20(15-19)18(21)22-14-16-8-4-2-5-9-16/h2-11H,12-15H2,1H3. The SMILES string of the molecule is CC1(c2ccccc2)CCN(C(=O)OCc2ccccc2)C1. The molecule has 0 aromatic heterocycles. The van der Waals surface area contributed by atoms with E-state index in [1.165, 1.54) is 5.56 Å². The van der Waals surface area contributed by atoms with Crippen LogP contribution in [0.25, 0.3) is 0 Å². The first-order valence-corrected chi connectivity index (χ1v) is 7.69. The number of rotatable bonds is 3. The van der Waals surface area contributed by atoms with Crippen LogP contribution in [0.1, 0.15) is 24.5 Å². The highest BCUT2D eigenvalue weighted by molar-refractivity contribution is 5.68. The van der Waals surface area contributed by atoms with E-state index in [2.05, 4.69) is 31.2 Å². The summed E-state index contributed by atoms with van der Waals surface area (Å²) in [5.41, 5.74) is 2.32. The number of hydrogen-bond acceptors (Lipinski definition) is 2. The lowest BCUT2D eigenvalue weighted by Crippen LogP contribution is -2.33. The van der Waals surface area contributed by atoms with Crippen LogP contribution in [0.2, 0.25) is 0 Å². The predicted molar refractivity (Wildman–Crippen MR) is 86.6 cm³/mol. The molecule has 1 amide bonds. The number of hydrogen-bond donors (Lipinski definition) is 0. The Balaban J connectivity index is 1.59. The number of carbonyl (C=O) groups is 1. The molecule has 0 spiro atoms. The Morgan fingerprint density at radius 3 is 2.41 bits per heavy atom. The van der Waals surface area contributed by atoms with Gasteiger partial charge in [0.25, 0.3) is 0 Å². The first-order valence-electron chi connectivity index (χ1n) is 7.69. The average Bonchev–Trinajstić information content (AvgIpc) is 2.98. The van der Waals surface area contributed by atoms with Gasteiger partial charge in [-0.1, -0.05) is 67.6 Å². The van der Waals surface area contributed by atoms with E-state index in [4.69, 9.17) is 4.74 Å². The Bertz CT molecular complexity index is 626. The Labute approximate surface area is 131 Å². The van der Waals surface area contributed by atoms with Crippen LogP contribution in [0.15, 0.2) is 60.7 Å². The van der Waals surface area contributed by atoms with Crippen molar-refractivity contribution in [2.45, 2.75) is 25.4 Å². The smallest absolute Gasteiger partial charge is 0.410 e. The first-order chi connectivity index (χ1) is 10.7. The quantitative estimate of drug-likeness (QED) is 0.857. The van der Waals surface area contributed by atoms with Crippen molar-refractivity contribution in [1.82, 2.24) is 4.90 Å². The van der Waals surface area contributed by atoms with Crippen molar-refractivity contribution in [3.8, 4) is 0 Å². The normalized spacial score (nSPS) is 20.9.